The fourth-order valence-corrected chi connectivity index (χ4v) is 2.76. The molecule has 1 heterocycles. The molecule has 0 radical (unpaired) electrons. The standard InChI is InChI=1S/C20H20N2O2.ClH/c1-14-12-16(13-21-19-6-4-5-7-20(19)23)15(2)22(14)17-8-10-18(24-3)11-9-17;/h4-13,23H,1-3H3;1H. The van der Waals surface area contributed by atoms with Gasteiger partial charge in [0.25, 0.3) is 0 Å². The zero-order valence-corrected chi connectivity index (χ0v) is 15.2. The second-order valence-electron chi connectivity index (χ2n) is 5.61. The van der Waals surface area contributed by atoms with E-state index in [-0.39, 0.29) is 18.2 Å². The average Bonchev–Trinajstić information content (AvgIpc) is 2.88. The van der Waals surface area contributed by atoms with Gasteiger partial charge < -0.3 is 14.4 Å². The van der Waals surface area contributed by atoms with Crippen molar-refractivity contribution in [3.63, 3.8) is 0 Å². The van der Waals surface area contributed by atoms with Crippen molar-refractivity contribution < 1.29 is 9.84 Å². The Balaban J connectivity index is 0.00000225. The number of halogens is 1. The SMILES string of the molecule is COc1ccc(-n2c(C)cc(C=Nc3ccccc3O)c2C)cc1.Cl. The van der Waals surface area contributed by atoms with Gasteiger partial charge in [0.15, 0.2) is 0 Å². The molecule has 0 amide bonds. The molecule has 0 bridgehead atoms. The number of para-hydroxylation sites is 2. The maximum atomic E-state index is 9.81. The van der Waals surface area contributed by atoms with Crippen LogP contribution in [0.25, 0.3) is 5.69 Å². The number of hydrogen-bond donors (Lipinski definition) is 1. The molecule has 1 N–H and O–H groups in total. The quantitative estimate of drug-likeness (QED) is 0.670. The molecule has 0 unspecified atom stereocenters. The first-order valence-electron chi connectivity index (χ1n) is 7.75. The third kappa shape index (κ3) is 3.86. The third-order valence-electron chi connectivity index (χ3n) is 4.03. The number of ether oxygens (including phenoxy) is 1. The maximum absolute atomic E-state index is 9.81. The summed E-state index contributed by atoms with van der Waals surface area (Å²) >= 11 is 0. The van der Waals surface area contributed by atoms with Crippen LogP contribution in [0.3, 0.4) is 0 Å². The number of aliphatic imine (C=N–C) groups is 1. The van der Waals surface area contributed by atoms with Gasteiger partial charge in [-0.3, -0.25) is 4.99 Å². The summed E-state index contributed by atoms with van der Waals surface area (Å²) in [6.07, 6.45) is 1.79. The van der Waals surface area contributed by atoms with Crippen LogP contribution in [-0.4, -0.2) is 23.0 Å². The van der Waals surface area contributed by atoms with Crippen LogP contribution in [0, 0.1) is 13.8 Å². The molecule has 0 atom stereocenters. The topological polar surface area (TPSA) is 46.8 Å². The Hall–Kier alpha value is -2.72. The minimum Gasteiger partial charge on any atom is -0.506 e. The van der Waals surface area contributed by atoms with E-state index in [0.717, 1.165) is 28.4 Å². The molecule has 0 spiro atoms. The highest BCUT2D eigenvalue weighted by Crippen LogP contribution is 2.26. The van der Waals surface area contributed by atoms with Crippen LogP contribution in [0.4, 0.5) is 5.69 Å². The van der Waals surface area contributed by atoms with E-state index in [1.807, 2.05) is 30.3 Å². The van der Waals surface area contributed by atoms with E-state index in [1.165, 1.54) is 0 Å². The van der Waals surface area contributed by atoms with E-state index in [4.69, 9.17) is 4.74 Å². The molecule has 0 aliphatic carbocycles. The number of phenolic OH excluding ortho intramolecular Hbond substituents is 1. The molecule has 130 valence electrons. The van der Waals surface area contributed by atoms with E-state index in [2.05, 4.69) is 29.5 Å². The van der Waals surface area contributed by atoms with Gasteiger partial charge in [0, 0.05) is 28.9 Å². The second kappa shape index (κ2) is 7.90. The van der Waals surface area contributed by atoms with Gasteiger partial charge in [0.2, 0.25) is 0 Å². The van der Waals surface area contributed by atoms with Crippen molar-refractivity contribution in [3.05, 3.63) is 71.5 Å². The normalized spacial score (nSPS) is 10.7. The Morgan fingerprint density at radius 1 is 1.04 bits per heavy atom. The summed E-state index contributed by atoms with van der Waals surface area (Å²) in [6.45, 7) is 4.12. The molecule has 1 aromatic heterocycles. The Morgan fingerprint density at radius 3 is 2.36 bits per heavy atom. The highest BCUT2D eigenvalue weighted by atomic mass is 35.5. The minimum absolute atomic E-state index is 0. The second-order valence-corrected chi connectivity index (χ2v) is 5.61. The lowest BCUT2D eigenvalue weighted by atomic mass is 10.2. The monoisotopic (exact) mass is 356 g/mol. The largest absolute Gasteiger partial charge is 0.506 e. The third-order valence-corrected chi connectivity index (χ3v) is 4.03. The number of methoxy groups -OCH3 is 1. The lowest BCUT2D eigenvalue weighted by molar-refractivity contribution is 0.414. The number of nitrogens with zero attached hydrogens (tertiary/aromatic N) is 2. The van der Waals surface area contributed by atoms with Gasteiger partial charge in [-0.15, -0.1) is 12.4 Å². The number of rotatable bonds is 4. The van der Waals surface area contributed by atoms with Crippen molar-refractivity contribution >= 4 is 24.3 Å². The number of phenols is 1. The molecule has 0 saturated heterocycles. The smallest absolute Gasteiger partial charge is 0.141 e. The molecule has 0 aliphatic heterocycles. The van der Waals surface area contributed by atoms with E-state index in [9.17, 15) is 5.11 Å². The zero-order chi connectivity index (χ0) is 17.1. The summed E-state index contributed by atoms with van der Waals surface area (Å²) < 4.78 is 7.39. The van der Waals surface area contributed by atoms with Crippen LogP contribution in [0.5, 0.6) is 11.5 Å². The first-order valence-corrected chi connectivity index (χ1v) is 7.75. The van der Waals surface area contributed by atoms with Crippen molar-refractivity contribution in [2.45, 2.75) is 13.8 Å². The van der Waals surface area contributed by atoms with Crippen molar-refractivity contribution in [1.29, 1.82) is 0 Å². The first-order chi connectivity index (χ1) is 11.6. The number of aromatic nitrogens is 1. The fraction of sp³-hybridized carbons (Fsp3) is 0.150. The molecule has 4 nitrogen and oxygen atoms in total. The number of benzene rings is 2. The van der Waals surface area contributed by atoms with E-state index >= 15 is 0 Å². The molecule has 3 aromatic rings. The minimum atomic E-state index is 0. The summed E-state index contributed by atoms with van der Waals surface area (Å²) in [6, 6.07) is 17.1. The van der Waals surface area contributed by atoms with E-state index in [0.29, 0.717) is 5.69 Å². The van der Waals surface area contributed by atoms with Crippen LogP contribution < -0.4 is 4.74 Å². The fourth-order valence-electron chi connectivity index (χ4n) is 2.76. The van der Waals surface area contributed by atoms with Gasteiger partial charge >= 0.3 is 0 Å². The highest BCUT2D eigenvalue weighted by molar-refractivity contribution is 5.85. The average molecular weight is 357 g/mol. The summed E-state index contributed by atoms with van der Waals surface area (Å²) in [7, 11) is 1.66. The summed E-state index contributed by atoms with van der Waals surface area (Å²) in [5.74, 6) is 1.01. The van der Waals surface area contributed by atoms with Gasteiger partial charge in [0.05, 0.1) is 7.11 Å². The Bertz CT molecular complexity index is 883. The van der Waals surface area contributed by atoms with Crippen LogP contribution in [0.2, 0.25) is 0 Å². The Morgan fingerprint density at radius 2 is 1.72 bits per heavy atom. The predicted molar refractivity (Wildman–Crippen MR) is 104 cm³/mol. The van der Waals surface area contributed by atoms with Crippen molar-refractivity contribution in [2.24, 2.45) is 4.99 Å². The van der Waals surface area contributed by atoms with Crippen molar-refractivity contribution in [1.82, 2.24) is 4.57 Å². The molecule has 2 aromatic carbocycles. The Labute approximate surface area is 153 Å². The molecular formula is C20H21ClN2O2. The van der Waals surface area contributed by atoms with Crippen LogP contribution >= 0.6 is 12.4 Å². The van der Waals surface area contributed by atoms with Crippen LogP contribution in [0.15, 0.2) is 59.6 Å². The molecule has 25 heavy (non-hydrogen) atoms. The molecule has 0 aliphatic rings. The van der Waals surface area contributed by atoms with Gasteiger partial charge in [-0.1, -0.05) is 12.1 Å². The van der Waals surface area contributed by atoms with Crippen LogP contribution in [0.1, 0.15) is 17.0 Å². The zero-order valence-electron chi connectivity index (χ0n) is 14.4. The summed E-state index contributed by atoms with van der Waals surface area (Å²) in [4.78, 5) is 4.40. The lowest BCUT2D eigenvalue weighted by Gasteiger charge is -2.10. The van der Waals surface area contributed by atoms with E-state index < -0.39 is 0 Å². The Kier molecular flexibility index (Phi) is 5.88. The van der Waals surface area contributed by atoms with Gasteiger partial charge in [0.1, 0.15) is 17.2 Å². The van der Waals surface area contributed by atoms with Crippen molar-refractivity contribution in [3.8, 4) is 17.2 Å². The number of aryl methyl sites for hydroxylation is 1. The highest BCUT2D eigenvalue weighted by Gasteiger charge is 2.09. The first kappa shape index (κ1) is 18.6. The van der Waals surface area contributed by atoms with Gasteiger partial charge in [-0.2, -0.15) is 0 Å². The molecule has 3 rings (SSSR count). The summed E-state index contributed by atoms with van der Waals surface area (Å²) in [5, 5.41) is 9.81. The molecule has 5 heteroatoms. The molecule has 0 fully saturated rings. The summed E-state index contributed by atoms with van der Waals surface area (Å²) in [5.41, 5.74) is 4.87. The van der Waals surface area contributed by atoms with E-state index in [1.54, 1.807) is 31.5 Å². The van der Waals surface area contributed by atoms with Crippen molar-refractivity contribution in [2.75, 3.05) is 7.11 Å². The van der Waals surface area contributed by atoms with Gasteiger partial charge in [-0.05, 0) is 56.3 Å². The van der Waals surface area contributed by atoms with Crippen LogP contribution in [-0.2, 0) is 0 Å². The number of aromatic hydroxyl groups is 1. The molecule has 0 saturated carbocycles. The number of hydrogen-bond acceptors (Lipinski definition) is 3. The maximum Gasteiger partial charge on any atom is 0.141 e. The predicted octanol–water partition coefficient (Wildman–Crippen LogP) is 4.98. The molecular weight excluding hydrogens is 336 g/mol. The van der Waals surface area contributed by atoms with Gasteiger partial charge in [-0.25, -0.2) is 0 Å². The lowest BCUT2D eigenvalue weighted by Crippen LogP contribution is -1.99.